The van der Waals surface area contributed by atoms with Crippen LogP contribution in [0.4, 0.5) is 10.5 Å². The van der Waals surface area contributed by atoms with Crippen LogP contribution in [0, 0.1) is 0 Å². The monoisotopic (exact) mass is 390 g/mol. The second kappa shape index (κ2) is 7.79. The van der Waals surface area contributed by atoms with Crippen LogP contribution in [0.5, 0.6) is 0 Å². The molecular weight excluding hydrogens is 368 g/mol. The third kappa shape index (κ3) is 3.99. The van der Waals surface area contributed by atoms with Gasteiger partial charge in [-0.1, -0.05) is 30.3 Å². The number of carbonyl (C=O) groups excluding carboxylic acids is 3. The molecule has 4 rings (SSSR count). The largest absolute Gasteiger partial charge is 0.351 e. The molecule has 1 atom stereocenters. The van der Waals surface area contributed by atoms with E-state index < -0.39 is 12.1 Å². The Morgan fingerprint density at radius 1 is 1.10 bits per heavy atom. The number of benzene rings is 2. The number of imide groups is 1. The number of hydrogen-bond donors (Lipinski definition) is 2. The number of rotatable bonds is 6. The van der Waals surface area contributed by atoms with Gasteiger partial charge in [-0.2, -0.15) is 0 Å². The van der Waals surface area contributed by atoms with Crippen LogP contribution in [-0.2, 0) is 23.2 Å². The number of aryl methyl sites for hydroxylation is 1. The number of carbonyl (C=O) groups is 3. The van der Waals surface area contributed by atoms with Crippen LogP contribution in [0.1, 0.15) is 18.4 Å². The van der Waals surface area contributed by atoms with Gasteiger partial charge >= 0.3 is 6.03 Å². The highest BCUT2D eigenvalue weighted by Crippen LogP contribution is 2.20. The van der Waals surface area contributed by atoms with Crippen molar-refractivity contribution in [1.29, 1.82) is 0 Å². The van der Waals surface area contributed by atoms with E-state index in [0.717, 1.165) is 16.5 Å². The maximum absolute atomic E-state index is 12.5. The number of urea groups is 1. The summed E-state index contributed by atoms with van der Waals surface area (Å²) in [5.41, 5.74) is 2.67. The van der Waals surface area contributed by atoms with Gasteiger partial charge in [0.05, 0.1) is 6.54 Å². The molecule has 2 aromatic carbocycles. The zero-order valence-corrected chi connectivity index (χ0v) is 16.1. The van der Waals surface area contributed by atoms with E-state index in [-0.39, 0.29) is 31.2 Å². The predicted octanol–water partition coefficient (Wildman–Crippen LogP) is 3.02. The standard InChI is InChI=1S/C22H22N4O3/c1-25-12-11-16-13-17(7-9-19(16)25)23-20(27)10-8-18-21(28)26(22(29)24-18)14-15-5-3-2-4-6-15/h2-7,9,11-13,18H,8,10,14H2,1H3,(H,23,27)(H,24,29)/t18-/m1/s1. The van der Waals surface area contributed by atoms with Crippen LogP contribution >= 0.6 is 0 Å². The molecule has 1 aliphatic heterocycles. The van der Waals surface area contributed by atoms with Crippen molar-refractivity contribution >= 4 is 34.4 Å². The van der Waals surface area contributed by atoms with Crippen molar-refractivity contribution in [3.05, 3.63) is 66.4 Å². The van der Waals surface area contributed by atoms with Crippen molar-refractivity contribution in [2.24, 2.45) is 7.05 Å². The molecule has 2 N–H and O–H groups in total. The second-order valence-electron chi connectivity index (χ2n) is 7.20. The van der Waals surface area contributed by atoms with Gasteiger partial charge < -0.3 is 15.2 Å². The quantitative estimate of drug-likeness (QED) is 0.635. The van der Waals surface area contributed by atoms with Gasteiger partial charge in [0, 0.05) is 36.3 Å². The highest BCUT2D eigenvalue weighted by Gasteiger charge is 2.37. The molecule has 0 unspecified atom stereocenters. The number of nitrogens with zero attached hydrogens (tertiary/aromatic N) is 2. The number of anilines is 1. The molecule has 0 radical (unpaired) electrons. The summed E-state index contributed by atoms with van der Waals surface area (Å²) in [4.78, 5) is 38.2. The fourth-order valence-electron chi connectivity index (χ4n) is 3.55. The summed E-state index contributed by atoms with van der Waals surface area (Å²) in [6.07, 6.45) is 2.36. The molecule has 0 aliphatic carbocycles. The first-order valence-corrected chi connectivity index (χ1v) is 9.52. The second-order valence-corrected chi connectivity index (χ2v) is 7.20. The first-order chi connectivity index (χ1) is 14.0. The van der Waals surface area contributed by atoms with Crippen molar-refractivity contribution in [1.82, 2.24) is 14.8 Å². The molecule has 0 saturated carbocycles. The Kier molecular flexibility index (Phi) is 5.03. The van der Waals surface area contributed by atoms with E-state index in [2.05, 4.69) is 10.6 Å². The third-order valence-corrected chi connectivity index (χ3v) is 5.12. The summed E-state index contributed by atoms with van der Waals surface area (Å²) in [6, 6.07) is 16.0. The average Bonchev–Trinajstić information content (AvgIpc) is 3.21. The average molecular weight is 390 g/mol. The van der Waals surface area contributed by atoms with Crippen molar-refractivity contribution in [2.45, 2.75) is 25.4 Å². The highest BCUT2D eigenvalue weighted by molar-refractivity contribution is 6.04. The van der Waals surface area contributed by atoms with Crippen LogP contribution in [0.3, 0.4) is 0 Å². The van der Waals surface area contributed by atoms with E-state index in [9.17, 15) is 14.4 Å². The Hall–Kier alpha value is -3.61. The molecule has 0 spiro atoms. The molecule has 4 amide bonds. The Balaban J connectivity index is 1.32. The van der Waals surface area contributed by atoms with Gasteiger partial charge in [-0.15, -0.1) is 0 Å². The lowest BCUT2D eigenvalue weighted by Crippen LogP contribution is -2.31. The minimum Gasteiger partial charge on any atom is -0.351 e. The SMILES string of the molecule is Cn1ccc2cc(NC(=O)CC[C@H]3NC(=O)N(Cc4ccccc4)C3=O)ccc21. The maximum Gasteiger partial charge on any atom is 0.325 e. The van der Waals surface area contributed by atoms with Gasteiger partial charge in [0.2, 0.25) is 5.91 Å². The molecule has 1 saturated heterocycles. The topological polar surface area (TPSA) is 83.4 Å². The summed E-state index contributed by atoms with van der Waals surface area (Å²) < 4.78 is 2.01. The Morgan fingerprint density at radius 3 is 2.69 bits per heavy atom. The molecular formula is C22H22N4O3. The number of fused-ring (bicyclic) bond motifs is 1. The number of amides is 4. The van der Waals surface area contributed by atoms with Crippen LogP contribution in [0.25, 0.3) is 10.9 Å². The summed E-state index contributed by atoms with van der Waals surface area (Å²) in [6.45, 7) is 0.227. The zero-order chi connectivity index (χ0) is 20.4. The molecule has 3 aromatic rings. The molecule has 1 fully saturated rings. The zero-order valence-electron chi connectivity index (χ0n) is 16.1. The minimum atomic E-state index is -0.673. The van der Waals surface area contributed by atoms with Gasteiger partial charge in [0.15, 0.2) is 0 Å². The molecule has 2 heterocycles. The molecule has 1 aliphatic rings. The van der Waals surface area contributed by atoms with E-state index in [1.165, 1.54) is 4.90 Å². The van der Waals surface area contributed by atoms with E-state index in [1.54, 1.807) is 0 Å². The molecule has 1 aromatic heterocycles. The first-order valence-electron chi connectivity index (χ1n) is 9.52. The maximum atomic E-state index is 12.5. The van der Waals surface area contributed by atoms with Gasteiger partial charge in [-0.3, -0.25) is 14.5 Å². The third-order valence-electron chi connectivity index (χ3n) is 5.12. The lowest BCUT2D eigenvalue weighted by molar-refractivity contribution is -0.128. The van der Waals surface area contributed by atoms with Crippen LogP contribution in [0.2, 0.25) is 0 Å². The smallest absolute Gasteiger partial charge is 0.325 e. The number of nitrogens with one attached hydrogen (secondary N) is 2. The van der Waals surface area contributed by atoms with Gasteiger partial charge in [0.1, 0.15) is 6.04 Å². The van der Waals surface area contributed by atoms with Crippen LogP contribution in [0.15, 0.2) is 60.8 Å². The molecule has 29 heavy (non-hydrogen) atoms. The number of aromatic nitrogens is 1. The fraction of sp³-hybridized carbons (Fsp3) is 0.227. The van der Waals surface area contributed by atoms with Crippen LogP contribution in [-0.4, -0.2) is 33.4 Å². The van der Waals surface area contributed by atoms with Gasteiger partial charge in [0.25, 0.3) is 5.91 Å². The van der Waals surface area contributed by atoms with E-state index in [0.29, 0.717) is 5.69 Å². The first kappa shape index (κ1) is 18.7. The van der Waals surface area contributed by atoms with E-state index in [1.807, 2.05) is 72.4 Å². The minimum absolute atomic E-state index is 0.142. The van der Waals surface area contributed by atoms with E-state index >= 15 is 0 Å². The lowest BCUT2D eigenvalue weighted by atomic mass is 10.1. The van der Waals surface area contributed by atoms with Crippen molar-refractivity contribution in [2.75, 3.05) is 5.32 Å². The molecule has 7 nitrogen and oxygen atoms in total. The molecule has 0 bridgehead atoms. The van der Waals surface area contributed by atoms with E-state index in [4.69, 9.17) is 0 Å². The van der Waals surface area contributed by atoms with Crippen molar-refractivity contribution in [3.63, 3.8) is 0 Å². The van der Waals surface area contributed by atoms with Crippen molar-refractivity contribution in [3.8, 4) is 0 Å². The summed E-state index contributed by atoms with van der Waals surface area (Å²) in [5.74, 6) is -0.485. The molecule has 7 heteroatoms. The van der Waals surface area contributed by atoms with Crippen LogP contribution < -0.4 is 10.6 Å². The normalized spacial score (nSPS) is 16.3. The number of hydrogen-bond acceptors (Lipinski definition) is 3. The van der Waals surface area contributed by atoms with Crippen molar-refractivity contribution < 1.29 is 14.4 Å². The van der Waals surface area contributed by atoms with Gasteiger partial charge in [-0.25, -0.2) is 4.79 Å². The predicted molar refractivity (Wildman–Crippen MR) is 110 cm³/mol. The molecule has 148 valence electrons. The summed E-state index contributed by atoms with van der Waals surface area (Å²) >= 11 is 0. The fourth-order valence-corrected chi connectivity index (χ4v) is 3.55. The Labute approximate surface area is 168 Å². The summed E-state index contributed by atoms with van der Waals surface area (Å²) in [7, 11) is 1.97. The lowest BCUT2D eigenvalue weighted by Gasteiger charge is -2.13. The highest BCUT2D eigenvalue weighted by atomic mass is 16.2. The Morgan fingerprint density at radius 2 is 1.90 bits per heavy atom. The Bertz CT molecular complexity index is 1070. The summed E-state index contributed by atoms with van der Waals surface area (Å²) in [5, 5.41) is 6.58. The van der Waals surface area contributed by atoms with Gasteiger partial charge in [-0.05, 0) is 36.2 Å².